The van der Waals surface area contributed by atoms with Crippen LogP contribution in [-0.4, -0.2) is 43.3 Å². The molecule has 2 aromatic rings. The Labute approximate surface area is 196 Å². The van der Waals surface area contributed by atoms with Crippen LogP contribution in [0.3, 0.4) is 0 Å². The van der Waals surface area contributed by atoms with Gasteiger partial charge in [0.25, 0.3) is 0 Å². The SMILES string of the molecule is CC1(C)Cc2cc(-c3ccc4c(c3)CCCO4)ccc2C1NC(=O)O[C@H]1CN2CCC1CC2. The highest BCUT2D eigenvalue weighted by Crippen LogP contribution is 2.46. The molecule has 5 nitrogen and oxygen atoms in total. The third-order valence-corrected chi connectivity index (χ3v) is 8.24. The van der Waals surface area contributed by atoms with E-state index in [1.54, 1.807) is 0 Å². The average Bonchev–Trinajstić information content (AvgIpc) is 3.08. The van der Waals surface area contributed by atoms with Crippen LogP contribution < -0.4 is 10.1 Å². The average molecular weight is 447 g/mol. The van der Waals surface area contributed by atoms with Crippen molar-refractivity contribution in [1.29, 1.82) is 0 Å². The number of fused-ring (bicyclic) bond motifs is 5. The van der Waals surface area contributed by atoms with Crippen molar-refractivity contribution in [3.05, 3.63) is 53.1 Å². The van der Waals surface area contributed by atoms with Crippen LogP contribution >= 0.6 is 0 Å². The van der Waals surface area contributed by atoms with E-state index in [1.165, 1.54) is 27.8 Å². The monoisotopic (exact) mass is 446 g/mol. The second kappa shape index (κ2) is 8.05. The second-order valence-electron chi connectivity index (χ2n) is 11.0. The van der Waals surface area contributed by atoms with Crippen molar-refractivity contribution >= 4 is 6.09 Å². The fourth-order valence-electron chi connectivity index (χ4n) is 6.38. The van der Waals surface area contributed by atoms with Crippen molar-refractivity contribution in [1.82, 2.24) is 10.2 Å². The maximum Gasteiger partial charge on any atom is 0.407 e. The van der Waals surface area contributed by atoms with Crippen LogP contribution in [0, 0.1) is 11.3 Å². The van der Waals surface area contributed by atoms with Crippen LogP contribution in [0.25, 0.3) is 11.1 Å². The predicted octanol–water partition coefficient (Wildman–Crippen LogP) is 5.12. The van der Waals surface area contributed by atoms with Gasteiger partial charge in [0.2, 0.25) is 0 Å². The van der Waals surface area contributed by atoms with E-state index in [0.29, 0.717) is 5.92 Å². The van der Waals surface area contributed by atoms with Gasteiger partial charge in [-0.1, -0.05) is 38.1 Å². The maximum atomic E-state index is 12.9. The van der Waals surface area contributed by atoms with Crippen LogP contribution in [0.2, 0.25) is 0 Å². The molecular formula is C28H34N2O3. The number of rotatable bonds is 3. The molecule has 3 saturated heterocycles. The van der Waals surface area contributed by atoms with Crippen LogP contribution in [0.5, 0.6) is 5.75 Å². The van der Waals surface area contributed by atoms with Crippen molar-refractivity contribution in [2.75, 3.05) is 26.2 Å². The Morgan fingerprint density at radius 2 is 1.85 bits per heavy atom. The second-order valence-corrected chi connectivity index (χ2v) is 11.0. The topological polar surface area (TPSA) is 50.8 Å². The number of benzene rings is 2. The fourth-order valence-corrected chi connectivity index (χ4v) is 6.38. The number of piperidine rings is 3. The third-order valence-electron chi connectivity index (χ3n) is 8.24. The summed E-state index contributed by atoms with van der Waals surface area (Å²) in [6, 6.07) is 13.2. The number of aryl methyl sites for hydroxylation is 1. The highest BCUT2D eigenvalue weighted by atomic mass is 16.6. The van der Waals surface area contributed by atoms with Gasteiger partial charge in [0.05, 0.1) is 12.6 Å². The minimum absolute atomic E-state index is 0.0341. The lowest BCUT2D eigenvalue weighted by Gasteiger charge is -2.44. The standard InChI is InChI=1S/C28H34N2O3/c1-28(2)16-22-15-19(20-6-8-24-21(14-20)4-3-13-32-24)5-7-23(22)26(28)29-27(31)33-25-17-30-11-9-18(25)10-12-30/h5-8,14-15,18,25-26H,3-4,9-13,16-17H2,1-2H3,(H,29,31)/t25-,26?/m0/s1. The Kier molecular flexibility index (Phi) is 5.13. The molecule has 2 aromatic carbocycles. The van der Waals surface area contributed by atoms with Gasteiger partial charge >= 0.3 is 6.09 Å². The Morgan fingerprint density at radius 1 is 1.09 bits per heavy atom. The van der Waals surface area contributed by atoms with Crippen molar-refractivity contribution in [3.63, 3.8) is 0 Å². The molecule has 1 amide bonds. The first-order valence-corrected chi connectivity index (χ1v) is 12.5. The zero-order valence-corrected chi connectivity index (χ0v) is 19.7. The summed E-state index contributed by atoms with van der Waals surface area (Å²) in [7, 11) is 0. The summed E-state index contributed by atoms with van der Waals surface area (Å²) in [4.78, 5) is 15.3. The smallest absolute Gasteiger partial charge is 0.407 e. The lowest BCUT2D eigenvalue weighted by atomic mass is 9.85. The molecule has 33 heavy (non-hydrogen) atoms. The Bertz CT molecular complexity index is 1070. The molecule has 1 N–H and O–H groups in total. The van der Waals surface area contributed by atoms with E-state index >= 15 is 0 Å². The van der Waals surface area contributed by atoms with Crippen molar-refractivity contribution in [2.24, 2.45) is 11.3 Å². The minimum atomic E-state index is -0.265. The van der Waals surface area contributed by atoms with E-state index in [4.69, 9.17) is 9.47 Å². The predicted molar refractivity (Wildman–Crippen MR) is 128 cm³/mol. The van der Waals surface area contributed by atoms with Gasteiger partial charge in [0, 0.05) is 6.54 Å². The normalized spacial score (nSPS) is 29.0. The van der Waals surface area contributed by atoms with E-state index in [2.05, 4.69) is 60.5 Å². The molecule has 2 atom stereocenters. The number of alkyl carbamates (subject to hydrolysis) is 1. The van der Waals surface area contributed by atoms with Gasteiger partial charge in [-0.05, 0) is 96.5 Å². The van der Waals surface area contributed by atoms with Gasteiger partial charge in [0.1, 0.15) is 11.9 Å². The number of carbonyl (C=O) groups is 1. The van der Waals surface area contributed by atoms with Gasteiger partial charge < -0.3 is 14.8 Å². The zero-order valence-electron chi connectivity index (χ0n) is 19.7. The molecule has 174 valence electrons. The van der Waals surface area contributed by atoms with Crippen LogP contribution in [0.1, 0.15) is 55.8 Å². The van der Waals surface area contributed by atoms with Crippen molar-refractivity contribution in [3.8, 4) is 16.9 Å². The molecule has 2 bridgehead atoms. The molecule has 4 heterocycles. The van der Waals surface area contributed by atoms with E-state index < -0.39 is 0 Å². The van der Waals surface area contributed by atoms with E-state index in [9.17, 15) is 4.79 Å². The molecule has 0 saturated carbocycles. The number of hydrogen-bond acceptors (Lipinski definition) is 4. The molecule has 0 radical (unpaired) electrons. The van der Waals surface area contributed by atoms with Gasteiger partial charge in [-0.2, -0.15) is 0 Å². The molecular weight excluding hydrogens is 412 g/mol. The number of ether oxygens (including phenoxy) is 2. The first kappa shape index (κ1) is 21.0. The molecule has 0 spiro atoms. The molecule has 7 rings (SSSR count). The highest BCUT2D eigenvalue weighted by molar-refractivity contribution is 5.71. The minimum Gasteiger partial charge on any atom is -0.493 e. The van der Waals surface area contributed by atoms with Crippen molar-refractivity contribution in [2.45, 2.75) is 58.1 Å². The molecule has 1 unspecified atom stereocenters. The highest BCUT2D eigenvalue weighted by Gasteiger charge is 2.42. The number of carbonyl (C=O) groups excluding carboxylic acids is 1. The first-order chi connectivity index (χ1) is 16.0. The third kappa shape index (κ3) is 3.90. The van der Waals surface area contributed by atoms with Gasteiger partial charge in [-0.3, -0.25) is 4.90 Å². The molecule has 4 aliphatic heterocycles. The molecule has 3 fully saturated rings. The number of hydrogen-bond donors (Lipinski definition) is 1. The zero-order chi connectivity index (χ0) is 22.6. The van der Waals surface area contributed by atoms with E-state index in [-0.39, 0.29) is 23.7 Å². The van der Waals surface area contributed by atoms with E-state index in [1.807, 2.05) is 0 Å². The van der Waals surface area contributed by atoms with Crippen LogP contribution in [0.15, 0.2) is 36.4 Å². The summed E-state index contributed by atoms with van der Waals surface area (Å²) < 4.78 is 11.7. The molecule has 0 aromatic heterocycles. The maximum absolute atomic E-state index is 12.9. The van der Waals surface area contributed by atoms with Gasteiger partial charge in [-0.25, -0.2) is 4.79 Å². The molecule has 5 aliphatic rings. The summed E-state index contributed by atoms with van der Waals surface area (Å²) in [5, 5.41) is 3.24. The molecule has 1 aliphatic carbocycles. The Balaban J connectivity index is 1.20. The lowest BCUT2D eigenvalue weighted by Crippen LogP contribution is -2.53. The van der Waals surface area contributed by atoms with Crippen molar-refractivity contribution < 1.29 is 14.3 Å². The van der Waals surface area contributed by atoms with E-state index in [0.717, 1.165) is 64.1 Å². The number of nitrogens with one attached hydrogen (secondary N) is 1. The number of amides is 1. The Hall–Kier alpha value is -2.53. The molecule has 5 heteroatoms. The lowest BCUT2D eigenvalue weighted by molar-refractivity contribution is -0.0348. The summed E-state index contributed by atoms with van der Waals surface area (Å²) in [5.74, 6) is 1.55. The summed E-state index contributed by atoms with van der Waals surface area (Å²) in [6.07, 6.45) is 5.16. The van der Waals surface area contributed by atoms with Crippen LogP contribution in [-0.2, 0) is 17.6 Å². The Morgan fingerprint density at radius 3 is 2.61 bits per heavy atom. The first-order valence-electron chi connectivity index (χ1n) is 12.5. The quantitative estimate of drug-likeness (QED) is 0.711. The number of nitrogens with zero attached hydrogens (tertiary/aromatic N) is 1. The summed E-state index contributed by atoms with van der Waals surface area (Å²) in [5.41, 5.74) is 6.25. The fraction of sp³-hybridized carbons (Fsp3) is 0.536. The summed E-state index contributed by atoms with van der Waals surface area (Å²) >= 11 is 0. The van der Waals surface area contributed by atoms with Gasteiger partial charge in [-0.15, -0.1) is 0 Å². The van der Waals surface area contributed by atoms with Gasteiger partial charge in [0.15, 0.2) is 0 Å². The largest absolute Gasteiger partial charge is 0.493 e. The van der Waals surface area contributed by atoms with Crippen LogP contribution in [0.4, 0.5) is 4.79 Å². The summed E-state index contributed by atoms with van der Waals surface area (Å²) in [6.45, 7) is 8.47.